The molecule has 2 heterocycles. The molecule has 0 fully saturated rings. The Morgan fingerprint density at radius 2 is 2.10 bits per heavy atom. The maximum Gasteiger partial charge on any atom is 0.144 e. The van der Waals surface area contributed by atoms with Gasteiger partial charge in [-0.05, 0) is 19.0 Å². The second-order valence-corrected chi connectivity index (χ2v) is 7.18. The molecule has 0 amide bonds. The van der Waals surface area contributed by atoms with Gasteiger partial charge in [-0.25, -0.2) is 4.98 Å². The predicted molar refractivity (Wildman–Crippen MR) is 85.0 cm³/mol. The molecule has 0 spiro atoms. The zero-order chi connectivity index (χ0) is 14.8. The molecule has 0 aliphatic heterocycles. The van der Waals surface area contributed by atoms with E-state index in [1.54, 1.807) is 11.3 Å². The second-order valence-electron chi connectivity index (χ2n) is 6.09. The number of hydrogen-bond donors (Lipinski definition) is 1. The van der Waals surface area contributed by atoms with Crippen molar-refractivity contribution in [2.45, 2.75) is 46.1 Å². The highest BCUT2D eigenvalue weighted by Crippen LogP contribution is 2.33. The van der Waals surface area contributed by atoms with Crippen molar-refractivity contribution < 1.29 is 0 Å². The van der Waals surface area contributed by atoms with Gasteiger partial charge in [0.1, 0.15) is 10.7 Å². The summed E-state index contributed by atoms with van der Waals surface area (Å²) in [7, 11) is 1.94. The monoisotopic (exact) mass is 292 g/mol. The summed E-state index contributed by atoms with van der Waals surface area (Å²) in [6, 6.07) is 2.02. The molecular formula is C15H24N4S. The minimum atomic E-state index is 0.0623. The summed E-state index contributed by atoms with van der Waals surface area (Å²) >= 11 is 1.75. The van der Waals surface area contributed by atoms with Gasteiger partial charge in [0.2, 0.25) is 0 Å². The van der Waals surface area contributed by atoms with Gasteiger partial charge in [-0.15, -0.1) is 11.3 Å². The van der Waals surface area contributed by atoms with Gasteiger partial charge in [0.05, 0.1) is 5.69 Å². The Morgan fingerprint density at radius 1 is 1.35 bits per heavy atom. The Kier molecular flexibility index (Phi) is 4.60. The zero-order valence-electron chi connectivity index (χ0n) is 13.0. The van der Waals surface area contributed by atoms with Gasteiger partial charge in [0.25, 0.3) is 0 Å². The standard InChI is InChI=1S/C15H24N4S/c1-6-8-16-10-12-13(15(2,3)4)17-14(20-12)11-7-9-19(5)18-11/h7,9,16H,6,8,10H2,1-5H3. The quantitative estimate of drug-likeness (QED) is 0.860. The van der Waals surface area contributed by atoms with Crippen molar-refractivity contribution in [3.8, 4) is 10.7 Å². The summed E-state index contributed by atoms with van der Waals surface area (Å²) in [5.41, 5.74) is 2.21. The van der Waals surface area contributed by atoms with E-state index >= 15 is 0 Å². The molecule has 20 heavy (non-hydrogen) atoms. The van der Waals surface area contributed by atoms with E-state index in [4.69, 9.17) is 4.98 Å². The third-order valence-corrected chi connectivity index (χ3v) is 4.13. The first kappa shape index (κ1) is 15.2. The van der Waals surface area contributed by atoms with E-state index in [1.165, 1.54) is 10.6 Å². The molecule has 2 rings (SSSR count). The molecule has 0 aliphatic carbocycles. The minimum Gasteiger partial charge on any atom is -0.312 e. The van der Waals surface area contributed by atoms with E-state index in [-0.39, 0.29) is 5.41 Å². The van der Waals surface area contributed by atoms with Crippen LogP contribution in [0.3, 0.4) is 0 Å². The topological polar surface area (TPSA) is 42.7 Å². The van der Waals surface area contributed by atoms with Crippen LogP contribution in [0.15, 0.2) is 12.3 Å². The molecule has 0 saturated carbocycles. The Morgan fingerprint density at radius 3 is 2.65 bits per heavy atom. The van der Waals surface area contributed by atoms with Crippen LogP contribution in [0.2, 0.25) is 0 Å². The van der Waals surface area contributed by atoms with E-state index in [0.717, 1.165) is 30.2 Å². The van der Waals surface area contributed by atoms with Gasteiger partial charge in [-0.2, -0.15) is 5.10 Å². The predicted octanol–water partition coefficient (Wildman–Crippen LogP) is 3.34. The highest BCUT2D eigenvalue weighted by atomic mass is 32.1. The van der Waals surface area contributed by atoms with E-state index in [9.17, 15) is 0 Å². The van der Waals surface area contributed by atoms with Crippen molar-refractivity contribution >= 4 is 11.3 Å². The van der Waals surface area contributed by atoms with Crippen LogP contribution >= 0.6 is 11.3 Å². The van der Waals surface area contributed by atoms with Crippen LogP contribution in [0.4, 0.5) is 0 Å². The Balaban J connectivity index is 2.31. The third-order valence-electron chi connectivity index (χ3n) is 3.05. The molecule has 4 nitrogen and oxygen atoms in total. The molecule has 0 unspecified atom stereocenters. The average molecular weight is 292 g/mol. The molecule has 0 radical (unpaired) electrons. The lowest BCUT2D eigenvalue weighted by Crippen LogP contribution is -2.19. The molecule has 5 heteroatoms. The van der Waals surface area contributed by atoms with Crippen LogP contribution in [0.1, 0.15) is 44.7 Å². The summed E-state index contributed by atoms with van der Waals surface area (Å²) in [6.07, 6.45) is 3.11. The molecule has 0 aromatic carbocycles. The van der Waals surface area contributed by atoms with Crippen LogP contribution in [0.25, 0.3) is 10.7 Å². The van der Waals surface area contributed by atoms with E-state index < -0.39 is 0 Å². The van der Waals surface area contributed by atoms with Crippen molar-refractivity contribution in [3.05, 3.63) is 22.8 Å². The summed E-state index contributed by atoms with van der Waals surface area (Å²) in [4.78, 5) is 6.17. The molecule has 2 aromatic heterocycles. The van der Waals surface area contributed by atoms with Gasteiger partial charge in [0, 0.05) is 30.1 Å². The highest BCUT2D eigenvalue weighted by molar-refractivity contribution is 7.15. The molecule has 0 bridgehead atoms. The number of nitrogens with zero attached hydrogens (tertiary/aromatic N) is 3. The maximum absolute atomic E-state index is 4.85. The van der Waals surface area contributed by atoms with E-state index in [1.807, 2.05) is 24.0 Å². The van der Waals surface area contributed by atoms with Crippen LogP contribution in [0.5, 0.6) is 0 Å². The Hall–Kier alpha value is -1.20. The molecule has 1 N–H and O–H groups in total. The molecule has 0 saturated heterocycles. The van der Waals surface area contributed by atoms with Crippen molar-refractivity contribution in [1.29, 1.82) is 0 Å². The molecule has 0 atom stereocenters. The number of thiazole rings is 1. The maximum atomic E-state index is 4.85. The molecule has 110 valence electrons. The summed E-state index contributed by atoms with van der Waals surface area (Å²) in [5.74, 6) is 0. The SMILES string of the molecule is CCCNCc1sc(-c2ccn(C)n2)nc1C(C)(C)C. The summed E-state index contributed by atoms with van der Waals surface area (Å²) < 4.78 is 1.82. The molecular weight excluding hydrogens is 268 g/mol. The number of hydrogen-bond acceptors (Lipinski definition) is 4. The zero-order valence-corrected chi connectivity index (χ0v) is 13.8. The van der Waals surface area contributed by atoms with Crippen LogP contribution in [-0.4, -0.2) is 21.3 Å². The fraction of sp³-hybridized carbons (Fsp3) is 0.600. The summed E-state index contributed by atoms with van der Waals surface area (Å²) in [6.45, 7) is 10.8. The van der Waals surface area contributed by atoms with Crippen LogP contribution in [0, 0.1) is 0 Å². The van der Waals surface area contributed by atoms with Gasteiger partial charge < -0.3 is 5.32 Å². The smallest absolute Gasteiger partial charge is 0.144 e. The van der Waals surface area contributed by atoms with E-state index in [2.05, 4.69) is 38.1 Å². The summed E-state index contributed by atoms with van der Waals surface area (Å²) in [5, 5.41) is 8.95. The van der Waals surface area contributed by atoms with Gasteiger partial charge in [0.15, 0.2) is 0 Å². The molecule has 0 aliphatic rings. The lowest BCUT2D eigenvalue weighted by atomic mass is 9.91. The van der Waals surface area contributed by atoms with Gasteiger partial charge >= 0.3 is 0 Å². The Labute approximate surface area is 125 Å². The first-order chi connectivity index (χ1) is 9.41. The largest absolute Gasteiger partial charge is 0.312 e. The number of nitrogens with one attached hydrogen (secondary N) is 1. The fourth-order valence-electron chi connectivity index (χ4n) is 2.07. The van der Waals surface area contributed by atoms with Crippen LogP contribution in [-0.2, 0) is 19.0 Å². The van der Waals surface area contributed by atoms with Gasteiger partial charge in [-0.3, -0.25) is 4.68 Å². The average Bonchev–Trinajstić information content (AvgIpc) is 2.95. The minimum absolute atomic E-state index is 0.0623. The van der Waals surface area contributed by atoms with Crippen molar-refractivity contribution in [3.63, 3.8) is 0 Å². The highest BCUT2D eigenvalue weighted by Gasteiger charge is 2.24. The normalized spacial score (nSPS) is 12.1. The lowest BCUT2D eigenvalue weighted by Gasteiger charge is -2.17. The number of aromatic nitrogens is 3. The fourth-order valence-corrected chi connectivity index (χ4v) is 3.28. The molecule has 2 aromatic rings. The first-order valence-corrected chi connectivity index (χ1v) is 7.94. The number of aryl methyl sites for hydroxylation is 1. The van der Waals surface area contributed by atoms with Crippen LogP contribution < -0.4 is 5.32 Å². The van der Waals surface area contributed by atoms with Crippen molar-refractivity contribution in [2.75, 3.05) is 6.54 Å². The van der Waals surface area contributed by atoms with Crippen molar-refractivity contribution in [2.24, 2.45) is 7.05 Å². The van der Waals surface area contributed by atoms with Gasteiger partial charge in [-0.1, -0.05) is 27.7 Å². The van der Waals surface area contributed by atoms with E-state index in [0.29, 0.717) is 0 Å². The second kappa shape index (κ2) is 6.06. The first-order valence-electron chi connectivity index (χ1n) is 7.12. The van der Waals surface area contributed by atoms with Crippen molar-refractivity contribution in [1.82, 2.24) is 20.1 Å². The number of rotatable bonds is 5. The third kappa shape index (κ3) is 3.46. The lowest BCUT2D eigenvalue weighted by molar-refractivity contribution is 0.559. The Bertz CT molecular complexity index is 563.